The molecule has 0 unspecified atom stereocenters. The molecule has 2 fully saturated rings. The van der Waals surface area contributed by atoms with Crippen LogP contribution in [0.4, 0.5) is 5.95 Å². The third-order valence-electron chi connectivity index (χ3n) is 6.40. The summed E-state index contributed by atoms with van der Waals surface area (Å²) in [4.78, 5) is 37.4. The maximum atomic E-state index is 13.2. The monoisotopic (exact) mass is 441 g/mol. The highest BCUT2D eigenvalue weighted by molar-refractivity contribution is 6.30. The molecule has 3 heterocycles. The lowest BCUT2D eigenvalue weighted by molar-refractivity contribution is -0.141. The second-order valence-corrected chi connectivity index (χ2v) is 8.87. The molecule has 0 spiro atoms. The van der Waals surface area contributed by atoms with Gasteiger partial charge in [0.2, 0.25) is 17.8 Å². The standard InChI is InChI=1S/C23H28ClN5O2/c1-15(30)28-11-8-17(9-12-28)22(31)29-10-2-3-18(14-29)21-20(13-26-23(25)27-21)16-4-6-19(24)7-5-16/h4-7,13,17-18H,2-3,8-12,14H2,1H3,(H2,25,26,27)/t18-/m1/s1. The van der Waals surface area contributed by atoms with Gasteiger partial charge < -0.3 is 15.5 Å². The van der Waals surface area contributed by atoms with Crippen molar-refractivity contribution in [3.63, 3.8) is 0 Å². The van der Waals surface area contributed by atoms with Crippen LogP contribution in [0.1, 0.15) is 44.2 Å². The molecule has 2 saturated heterocycles. The van der Waals surface area contributed by atoms with Gasteiger partial charge in [0.15, 0.2) is 0 Å². The Balaban J connectivity index is 1.51. The average Bonchev–Trinajstić information content (AvgIpc) is 2.79. The van der Waals surface area contributed by atoms with E-state index in [-0.39, 0.29) is 29.6 Å². The van der Waals surface area contributed by atoms with Gasteiger partial charge in [-0.25, -0.2) is 9.97 Å². The molecule has 2 aliphatic heterocycles. The average molecular weight is 442 g/mol. The Bertz CT molecular complexity index is 957. The van der Waals surface area contributed by atoms with Gasteiger partial charge in [0.05, 0.1) is 5.69 Å². The minimum Gasteiger partial charge on any atom is -0.368 e. The van der Waals surface area contributed by atoms with E-state index in [9.17, 15) is 9.59 Å². The Kier molecular flexibility index (Phi) is 6.41. The van der Waals surface area contributed by atoms with Crippen LogP contribution in [0.5, 0.6) is 0 Å². The molecule has 4 rings (SSSR count). The Morgan fingerprint density at radius 2 is 1.77 bits per heavy atom. The predicted molar refractivity (Wildman–Crippen MR) is 120 cm³/mol. The summed E-state index contributed by atoms with van der Waals surface area (Å²) in [6, 6.07) is 7.60. The molecule has 1 aromatic carbocycles. The molecular formula is C23H28ClN5O2. The number of nitrogens with two attached hydrogens (primary N) is 1. The lowest BCUT2D eigenvalue weighted by Gasteiger charge is -2.37. The molecule has 1 aromatic heterocycles. The molecule has 31 heavy (non-hydrogen) atoms. The van der Waals surface area contributed by atoms with Crippen molar-refractivity contribution in [2.24, 2.45) is 5.92 Å². The van der Waals surface area contributed by atoms with E-state index in [2.05, 4.69) is 9.97 Å². The van der Waals surface area contributed by atoms with Crippen LogP contribution in [0.25, 0.3) is 11.1 Å². The second-order valence-electron chi connectivity index (χ2n) is 8.44. The zero-order chi connectivity index (χ0) is 22.0. The highest BCUT2D eigenvalue weighted by atomic mass is 35.5. The third-order valence-corrected chi connectivity index (χ3v) is 6.65. The van der Waals surface area contributed by atoms with Gasteiger partial charge in [0.25, 0.3) is 0 Å². The molecule has 0 aliphatic carbocycles. The number of rotatable bonds is 3. The van der Waals surface area contributed by atoms with E-state index in [1.807, 2.05) is 34.1 Å². The summed E-state index contributed by atoms with van der Waals surface area (Å²) in [5.74, 6) is 0.613. The summed E-state index contributed by atoms with van der Waals surface area (Å²) in [5.41, 5.74) is 8.73. The number of halogens is 1. The Morgan fingerprint density at radius 3 is 2.45 bits per heavy atom. The topological polar surface area (TPSA) is 92.4 Å². The third kappa shape index (κ3) is 4.82. The molecule has 2 aromatic rings. The zero-order valence-electron chi connectivity index (χ0n) is 17.8. The number of carbonyl (C=O) groups is 2. The van der Waals surface area contributed by atoms with E-state index in [0.717, 1.165) is 49.0 Å². The van der Waals surface area contributed by atoms with Crippen molar-refractivity contribution >= 4 is 29.4 Å². The van der Waals surface area contributed by atoms with Crippen LogP contribution >= 0.6 is 11.6 Å². The summed E-state index contributed by atoms with van der Waals surface area (Å²) < 4.78 is 0. The first-order chi connectivity index (χ1) is 14.9. The molecule has 1 atom stereocenters. The number of hydrogen-bond acceptors (Lipinski definition) is 5. The fourth-order valence-electron chi connectivity index (χ4n) is 4.67. The maximum Gasteiger partial charge on any atom is 0.225 e. The van der Waals surface area contributed by atoms with Gasteiger partial charge in [-0.1, -0.05) is 23.7 Å². The normalized spacial score (nSPS) is 20.0. The van der Waals surface area contributed by atoms with Gasteiger partial charge >= 0.3 is 0 Å². The second kappa shape index (κ2) is 9.22. The van der Waals surface area contributed by atoms with Crippen molar-refractivity contribution in [1.29, 1.82) is 0 Å². The minimum absolute atomic E-state index is 0.0134. The number of nitrogens with zero attached hydrogens (tertiary/aromatic N) is 4. The predicted octanol–water partition coefficient (Wildman–Crippen LogP) is 3.34. The summed E-state index contributed by atoms with van der Waals surface area (Å²) in [6.45, 7) is 4.29. The van der Waals surface area contributed by atoms with Crippen LogP contribution in [0, 0.1) is 5.92 Å². The number of benzene rings is 1. The first-order valence-corrected chi connectivity index (χ1v) is 11.2. The minimum atomic E-state index is -0.0134. The van der Waals surface area contributed by atoms with Crippen molar-refractivity contribution < 1.29 is 9.59 Å². The molecule has 8 heteroatoms. The molecule has 0 bridgehead atoms. The van der Waals surface area contributed by atoms with Gasteiger partial charge in [-0.15, -0.1) is 0 Å². The number of carbonyl (C=O) groups excluding carboxylic acids is 2. The number of piperidine rings is 2. The van der Waals surface area contributed by atoms with E-state index < -0.39 is 0 Å². The highest BCUT2D eigenvalue weighted by Crippen LogP contribution is 2.34. The molecule has 2 N–H and O–H groups in total. The molecule has 2 aliphatic rings. The number of aromatic nitrogens is 2. The van der Waals surface area contributed by atoms with Crippen LogP contribution in [0.15, 0.2) is 30.5 Å². The van der Waals surface area contributed by atoms with E-state index in [0.29, 0.717) is 24.7 Å². The first kappa shape index (κ1) is 21.6. The molecule has 164 valence electrons. The van der Waals surface area contributed by atoms with Crippen LogP contribution in [-0.2, 0) is 9.59 Å². The van der Waals surface area contributed by atoms with Crippen LogP contribution in [-0.4, -0.2) is 57.8 Å². The summed E-state index contributed by atoms with van der Waals surface area (Å²) in [6.07, 6.45) is 5.10. The van der Waals surface area contributed by atoms with E-state index >= 15 is 0 Å². The van der Waals surface area contributed by atoms with Crippen molar-refractivity contribution in [3.8, 4) is 11.1 Å². The van der Waals surface area contributed by atoms with Crippen molar-refractivity contribution in [2.75, 3.05) is 31.9 Å². The van der Waals surface area contributed by atoms with Crippen molar-refractivity contribution in [3.05, 3.63) is 41.2 Å². The number of hydrogen-bond donors (Lipinski definition) is 1. The van der Waals surface area contributed by atoms with Crippen LogP contribution in [0.3, 0.4) is 0 Å². The van der Waals surface area contributed by atoms with E-state index in [4.69, 9.17) is 17.3 Å². The molecule has 0 radical (unpaired) electrons. The quantitative estimate of drug-likeness (QED) is 0.788. The number of likely N-dealkylation sites (tertiary alicyclic amines) is 2. The maximum absolute atomic E-state index is 13.2. The molecular weight excluding hydrogens is 414 g/mol. The largest absolute Gasteiger partial charge is 0.368 e. The SMILES string of the molecule is CC(=O)N1CCC(C(=O)N2CCC[C@@H](c3nc(N)ncc3-c3ccc(Cl)cc3)C2)CC1. The van der Waals surface area contributed by atoms with E-state index in [1.165, 1.54) is 0 Å². The lowest BCUT2D eigenvalue weighted by atomic mass is 9.88. The summed E-state index contributed by atoms with van der Waals surface area (Å²) in [7, 11) is 0. The van der Waals surface area contributed by atoms with Gasteiger partial charge in [-0.2, -0.15) is 0 Å². The fraction of sp³-hybridized carbons (Fsp3) is 0.478. The smallest absolute Gasteiger partial charge is 0.225 e. The fourth-order valence-corrected chi connectivity index (χ4v) is 4.80. The zero-order valence-corrected chi connectivity index (χ0v) is 18.5. The Labute approximate surface area is 187 Å². The van der Waals surface area contributed by atoms with E-state index in [1.54, 1.807) is 13.1 Å². The summed E-state index contributed by atoms with van der Waals surface area (Å²) in [5, 5.41) is 0.673. The molecule has 7 nitrogen and oxygen atoms in total. The summed E-state index contributed by atoms with van der Waals surface area (Å²) >= 11 is 6.05. The Hall–Kier alpha value is -2.67. The van der Waals surface area contributed by atoms with Gasteiger partial charge in [-0.05, 0) is 43.4 Å². The van der Waals surface area contributed by atoms with Gasteiger partial charge in [0, 0.05) is 61.7 Å². The van der Waals surface area contributed by atoms with Crippen molar-refractivity contribution in [2.45, 2.75) is 38.5 Å². The highest BCUT2D eigenvalue weighted by Gasteiger charge is 2.33. The van der Waals surface area contributed by atoms with Crippen LogP contribution in [0.2, 0.25) is 5.02 Å². The number of anilines is 1. The van der Waals surface area contributed by atoms with Gasteiger partial charge in [-0.3, -0.25) is 9.59 Å². The molecule has 0 saturated carbocycles. The Morgan fingerprint density at radius 1 is 1.06 bits per heavy atom. The lowest BCUT2D eigenvalue weighted by Crippen LogP contribution is -2.46. The molecule has 2 amide bonds. The van der Waals surface area contributed by atoms with Crippen molar-refractivity contribution in [1.82, 2.24) is 19.8 Å². The van der Waals surface area contributed by atoms with Gasteiger partial charge in [0.1, 0.15) is 0 Å². The van der Waals surface area contributed by atoms with Crippen LogP contribution < -0.4 is 5.73 Å². The first-order valence-electron chi connectivity index (χ1n) is 10.8. The number of nitrogen functional groups attached to an aromatic ring is 1. The number of amides is 2.